The number of carboxylic acid groups (broad SMARTS) is 1. The SMILES string of the molecule is CSCC[C@H](NC(=O)[C@H](CC(C)C)NC(=O)[C@@H](N)Cc1cnc[nH]1)C(=O)N[C@@H](CCC(N)=O)C(=O)N[C@@H](CC(N)=O)C(=O)O. The lowest BCUT2D eigenvalue weighted by Gasteiger charge is -2.27. The lowest BCUT2D eigenvalue weighted by atomic mass is 10.0. The van der Waals surface area contributed by atoms with Crippen LogP contribution >= 0.6 is 11.8 Å². The Labute approximate surface area is 259 Å². The zero-order valence-corrected chi connectivity index (χ0v) is 25.8. The molecule has 0 aliphatic rings. The Balaban J connectivity index is 3.10. The van der Waals surface area contributed by atoms with Gasteiger partial charge in [-0.3, -0.25) is 28.8 Å². The summed E-state index contributed by atoms with van der Waals surface area (Å²) in [6.07, 6.45) is 3.92. The molecule has 0 aliphatic carbocycles. The molecule has 17 nitrogen and oxygen atoms in total. The van der Waals surface area contributed by atoms with Crippen LogP contribution in [0.3, 0.4) is 0 Å². The van der Waals surface area contributed by atoms with Crippen molar-refractivity contribution < 1.29 is 38.7 Å². The average Bonchev–Trinajstić information content (AvgIpc) is 3.44. The number of H-pyrrole nitrogens is 1. The molecule has 0 spiro atoms. The van der Waals surface area contributed by atoms with Gasteiger partial charge in [0.25, 0.3) is 0 Å². The number of carbonyl (C=O) groups excluding carboxylic acids is 6. The van der Waals surface area contributed by atoms with E-state index in [0.29, 0.717) is 11.4 Å². The molecule has 0 saturated carbocycles. The van der Waals surface area contributed by atoms with Gasteiger partial charge in [-0.05, 0) is 37.2 Å². The molecule has 18 heteroatoms. The predicted molar refractivity (Wildman–Crippen MR) is 160 cm³/mol. The van der Waals surface area contributed by atoms with E-state index >= 15 is 0 Å². The molecule has 6 amide bonds. The molecule has 1 rings (SSSR count). The van der Waals surface area contributed by atoms with Gasteiger partial charge in [-0.15, -0.1) is 0 Å². The molecule has 0 aliphatic heterocycles. The van der Waals surface area contributed by atoms with E-state index in [0.717, 1.165) is 0 Å². The van der Waals surface area contributed by atoms with Gasteiger partial charge >= 0.3 is 5.97 Å². The van der Waals surface area contributed by atoms with Crippen molar-refractivity contribution in [1.82, 2.24) is 31.2 Å². The minimum atomic E-state index is -1.68. The van der Waals surface area contributed by atoms with Crippen molar-refractivity contribution in [2.75, 3.05) is 12.0 Å². The summed E-state index contributed by atoms with van der Waals surface area (Å²) in [5, 5.41) is 19.2. The lowest BCUT2D eigenvalue weighted by Crippen LogP contribution is -2.59. The second-order valence-corrected chi connectivity index (χ2v) is 11.5. The number of primary amides is 2. The van der Waals surface area contributed by atoms with Gasteiger partial charge in [-0.2, -0.15) is 11.8 Å². The number of imidazole rings is 1. The molecule has 0 saturated heterocycles. The standard InChI is InChI=1S/C26H43N9O8S/c1-13(2)8-18(34-22(38)15(27)9-14-11-30-12-31-14)25(41)33-17(6-7-44-3)24(40)32-16(4-5-20(28)36)23(39)35-19(26(42)43)10-21(29)37/h11-13,15-19H,4-10,27H2,1-3H3,(H2,28,36)(H2,29,37)(H,30,31)(H,32,40)(H,33,41)(H,34,38)(H,35,39)(H,42,43)/t15-,16-,17-,18-,19-/m0/s1. The highest BCUT2D eigenvalue weighted by Crippen LogP contribution is 2.09. The number of nitrogens with two attached hydrogens (primary N) is 3. The van der Waals surface area contributed by atoms with E-state index in [-0.39, 0.29) is 38.0 Å². The fourth-order valence-electron chi connectivity index (χ4n) is 3.99. The molecule has 12 N–H and O–H groups in total. The highest BCUT2D eigenvalue weighted by atomic mass is 32.2. The maximum absolute atomic E-state index is 13.4. The van der Waals surface area contributed by atoms with E-state index < -0.39 is 78.0 Å². The van der Waals surface area contributed by atoms with Crippen LogP contribution in [-0.2, 0) is 40.0 Å². The predicted octanol–water partition coefficient (Wildman–Crippen LogP) is -2.76. The Morgan fingerprint density at radius 3 is 1.89 bits per heavy atom. The Hall–Kier alpha value is -4.19. The summed E-state index contributed by atoms with van der Waals surface area (Å²) >= 11 is 1.39. The third-order valence-electron chi connectivity index (χ3n) is 6.25. The number of hydrogen-bond acceptors (Lipinski definition) is 10. The van der Waals surface area contributed by atoms with Crippen LogP contribution in [0.5, 0.6) is 0 Å². The van der Waals surface area contributed by atoms with E-state index in [4.69, 9.17) is 17.2 Å². The first-order valence-corrected chi connectivity index (χ1v) is 15.3. The molecule has 246 valence electrons. The number of hydrogen-bond donors (Lipinski definition) is 9. The number of nitrogens with zero attached hydrogens (tertiary/aromatic N) is 1. The fourth-order valence-corrected chi connectivity index (χ4v) is 4.46. The molecule has 0 unspecified atom stereocenters. The van der Waals surface area contributed by atoms with Crippen LogP contribution < -0.4 is 38.5 Å². The van der Waals surface area contributed by atoms with Crippen LogP contribution in [0, 0.1) is 5.92 Å². The normalized spacial score (nSPS) is 14.4. The molecule has 0 aromatic carbocycles. The Morgan fingerprint density at radius 2 is 1.41 bits per heavy atom. The summed E-state index contributed by atoms with van der Waals surface area (Å²) in [5.41, 5.74) is 16.9. The van der Waals surface area contributed by atoms with Gasteiger partial charge in [0.15, 0.2) is 0 Å². The van der Waals surface area contributed by atoms with Gasteiger partial charge in [0.2, 0.25) is 35.4 Å². The number of nitrogens with one attached hydrogen (secondary N) is 5. The largest absolute Gasteiger partial charge is 0.480 e. The van der Waals surface area contributed by atoms with E-state index in [9.17, 15) is 38.7 Å². The zero-order chi connectivity index (χ0) is 33.4. The number of carboxylic acids is 1. The van der Waals surface area contributed by atoms with Gasteiger partial charge in [-0.25, -0.2) is 9.78 Å². The molecular weight excluding hydrogens is 598 g/mol. The van der Waals surface area contributed by atoms with Crippen LogP contribution in [-0.4, -0.2) is 98.7 Å². The Bertz CT molecular complexity index is 1150. The molecule has 5 atom stereocenters. The quantitative estimate of drug-likeness (QED) is 0.0662. The number of thioether (sulfide) groups is 1. The molecule has 0 radical (unpaired) electrons. The number of aliphatic carboxylic acids is 1. The Kier molecular flexibility index (Phi) is 16.5. The monoisotopic (exact) mass is 641 g/mol. The van der Waals surface area contributed by atoms with Crippen molar-refractivity contribution in [2.24, 2.45) is 23.1 Å². The smallest absolute Gasteiger partial charge is 0.326 e. The maximum Gasteiger partial charge on any atom is 0.326 e. The van der Waals surface area contributed by atoms with Gasteiger partial charge in [0.05, 0.1) is 18.8 Å². The third kappa shape index (κ3) is 14.3. The summed E-state index contributed by atoms with van der Waals surface area (Å²) < 4.78 is 0. The topological polar surface area (TPSA) is 295 Å². The zero-order valence-electron chi connectivity index (χ0n) is 25.0. The highest BCUT2D eigenvalue weighted by Gasteiger charge is 2.32. The van der Waals surface area contributed by atoms with Crippen LogP contribution in [0.4, 0.5) is 0 Å². The number of aromatic nitrogens is 2. The molecule has 0 bridgehead atoms. The van der Waals surface area contributed by atoms with E-state index in [1.807, 2.05) is 13.8 Å². The third-order valence-corrected chi connectivity index (χ3v) is 6.89. The molecule has 44 heavy (non-hydrogen) atoms. The van der Waals surface area contributed by atoms with Crippen molar-refractivity contribution in [3.05, 3.63) is 18.2 Å². The van der Waals surface area contributed by atoms with Crippen LogP contribution in [0.25, 0.3) is 0 Å². The minimum absolute atomic E-state index is 0.0298. The van der Waals surface area contributed by atoms with Crippen molar-refractivity contribution in [2.45, 2.75) is 82.6 Å². The molecule has 1 heterocycles. The number of amides is 6. The first-order valence-electron chi connectivity index (χ1n) is 13.9. The van der Waals surface area contributed by atoms with E-state index in [1.54, 1.807) is 6.26 Å². The number of aromatic amines is 1. The highest BCUT2D eigenvalue weighted by molar-refractivity contribution is 7.98. The first kappa shape index (κ1) is 37.8. The van der Waals surface area contributed by atoms with Crippen molar-refractivity contribution in [3.8, 4) is 0 Å². The fraction of sp³-hybridized carbons (Fsp3) is 0.615. The average molecular weight is 642 g/mol. The lowest BCUT2D eigenvalue weighted by molar-refractivity contribution is -0.144. The number of rotatable bonds is 21. The summed E-state index contributed by atoms with van der Waals surface area (Å²) in [7, 11) is 0. The van der Waals surface area contributed by atoms with E-state index in [2.05, 4.69) is 31.2 Å². The second kappa shape index (κ2) is 19.2. The van der Waals surface area contributed by atoms with Gasteiger partial charge in [-0.1, -0.05) is 13.8 Å². The second-order valence-electron chi connectivity index (χ2n) is 10.6. The maximum atomic E-state index is 13.4. The summed E-state index contributed by atoms with van der Waals surface area (Å²) in [6.45, 7) is 3.69. The van der Waals surface area contributed by atoms with Gasteiger partial charge in [0.1, 0.15) is 24.2 Å². The molecular formula is C26H43N9O8S. The van der Waals surface area contributed by atoms with E-state index in [1.165, 1.54) is 24.3 Å². The Morgan fingerprint density at radius 1 is 0.864 bits per heavy atom. The molecule has 1 aromatic heterocycles. The summed E-state index contributed by atoms with van der Waals surface area (Å²) in [4.78, 5) is 93.4. The summed E-state index contributed by atoms with van der Waals surface area (Å²) in [6, 6.07) is -6.32. The summed E-state index contributed by atoms with van der Waals surface area (Å²) in [5.74, 6) is -5.96. The van der Waals surface area contributed by atoms with Crippen molar-refractivity contribution >= 4 is 53.2 Å². The van der Waals surface area contributed by atoms with Crippen molar-refractivity contribution in [1.29, 1.82) is 0 Å². The molecule has 1 aromatic rings. The van der Waals surface area contributed by atoms with Crippen LogP contribution in [0.15, 0.2) is 12.5 Å². The molecule has 0 fully saturated rings. The van der Waals surface area contributed by atoms with Crippen LogP contribution in [0.1, 0.15) is 51.6 Å². The van der Waals surface area contributed by atoms with Gasteiger partial charge < -0.3 is 48.6 Å². The van der Waals surface area contributed by atoms with Gasteiger partial charge in [0, 0.05) is 24.7 Å². The van der Waals surface area contributed by atoms with Crippen LogP contribution in [0.2, 0.25) is 0 Å². The number of carbonyl (C=O) groups is 7. The van der Waals surface area contributed by atoms with Crippen molar-refractivity contribution in [3.63, 3.8) is 0 Å². The first-order chi connectivity index (χ1) is 20.6. The minimum Gasteiger partial charge on any atom is -0.480 e.